The highest BCUT2D eigenvalue weighted by atomic mass is 16.3. The number of rotatable bonds is 7. The topological polar surface area (TPSA) is 51.8 Å². The average molecular weight is 754 g/mol. The molecule has 2 heterocycles. The van der Waals surface area contributed by atoms with Gasteiger partial charge in [-0.1, -0.05) is 194 Å². The molecule has 11 rings (SSSR count). The van der Waals surface area contributed by atoms with Crippen molar-refractivity contribution in [1.29, 1.82) is 0 Å². The molecule has 0 atom stereocenters. The van der Waals surface area contributed by atoms with Gasteiger partial charge in [0.1, 0.15) is 11.2 Å². The van der Waals surface area contributed by atoms with Crippen molar-refractivity contribution < 1.29 is 4.42 Å². The second-order valence-electron chi connectivity index (χ2n) is 14.7. The van der Waals surface area contributed by atoms with Crippen LogP contribution in [-0.4, -0.2) is 15.0 Å². The lowest BCUT2D eigenvalue weighted by molar-refractivity contribution is 0.670. The Labute approximate surface area is 341 Å². The van der Waals surface area contributed by atoms with Gasteiger partial charge in [0.05, 0.1) is 0 Å². The molecule has 59 heavy (non-hydrogen) atoms. The number of benzene rings is 9. The molecule has 4 nitrogen and oxygen atoms in total. The first-order chi connectivity index (χ1) is 29.2. The Kier molecular flexibility index (Phi) is 8.45. The predicted molar refractivity (Wildman–Crippen MR) is 243 cm³/mol. The van der Waals surface area contributed by atoms with E-state index in [1.807, 2.05) is 18.2 Å². The van der Waals surface area contributed by atoms with Gasteiger partial charge in [0.25, 0.3) is 0 Å². The minimum Gasteiger partial charge on any atom is -0.455 e. The number of para-hydroxylation sites is 2. The molecular weight excluding hydrogens is 719 g/mol. The van der Waals surface area contributed by atoms with Gasteiger partial charge in [-0.15, -0.1) is 0 Å². The van der Waals surface area contributed by atoms with Crippen LogP contribution in [0, 0.1) is 0 Å². The Balaban J connectivity index is 1.22. The summed E-state index contributed by atoms with van der Waals surface area (Å²) in [5, 5.41) is 4.36. The SMILES string of the molecule is c1ccc(-c2ccc(-c3nc(-c4cc(-c5ccccc5)cc(-c5cccc6c5oc5ccccc56)c4-c4ccccc4)nc(-c4cccc5ccccc45)n3)cc2)cc1. The molecule has 0 spiro atoms. The number of fused-ring (bicyclic) bond motifs is 4. The fourth-order valence-electron chi connectivity index (χ4n) is 8.31. The summed E-state index contributed by atoms with van der Waals surface area (Å²) >= 11 is 0. The molecule has 0 N–H and O–H groups in total. The molecule has 0 aliphatic heterocycles. The van der Waals surface area contributed by atoms with Gasteiger partial charge in [-0.25, -0.2) is 15.0 Å². The van der Waals surface area contributed by atoms with Crippen LogP contribution in [0.5, 0.6) is 0 Å². The second-order valence-corrected chi connectivity index (χ2v) is 14.7. The van der Waals surface area contributed by atoms with Crippen molar-refractivity contribution in [3.05, 3.63) is 212 Å². The van der Waals surface area contributed by atoms with Gasteiger partial charge < -0.3 is 4.42 Å². The maximum absolute atomic E-state index is 6.72. The lowest BCUT2D eigenvalue weighted by Crippen LogP contribution is -2.02. The molecule has 0 radical (unpaired) electrons. The fourth-order valence-corrected chi connectivity index (χ4v) is 8.31. The van der Waals surface area contributed by atoms with Crippen molar-refractivity contribution in [3.63, 3.8) is 0 Å². The normalized spacial score (nSPS) is 11.4. The Morgan fingerprint density at radius 2 is 0.780 bits per heavy atom. The molecule has 9 aromatic carbocycles. The third kappa shape index (κ3) is 6.24. The van der Waals surface area contributed by atoms with Crippen LogP contribution < -0.4 is 0 Å². The fraction of sp³-hybridized carbons (Fsp3) is 0. The molecule has 0 bridgehead atoms. The number of hydrogen-bond donors (Lipinski definition) is 0. The molecule has 0 aliphatic rings. The quantitative estimate of drug-likeness (QED) is 0.163. The lowest BCUT2D eigenvalue weighted by Gasteiger charge is -2.19. The summed E-state index contributed by atoms with van der Waals surface area (Å²) in [6.45, 7) is 0. The van der Waals surface area contributed by atoms with Crippen molar-refractivity contribution in [2.45, 2.75) is 0 Å². The van der Waals surface area contributed by atoms with Crippen molar-refractivity contribution in [1.82, 2.24) is 15.0 Å². The summed E-state index contributed by atoms with van der Waals surface area (Å²) < 4.78 is 6.72. The summed E-state index contributed by atoms with van der Waals surface area (Å²) in [7, 11) is 0. The summed E-state index contributed by atoms with van der Waals surface area (Å²) in [5.41, 5.74) is 12.9. The number of furan rings is 1. The molecule has 0 saturated heterocycles. The van der Waals surface area contributed by atoms with Crippen LogP contribution >= 0.6 is 0 Å². The Bertz CT molecular complexity index is 3300. The van der Waals surface area contributed by atoms with Gasteiger partial charge in [0, 0.05) is 38.6 Å². The Morgan fingerprint density at radius 1 is 0.288 bits per heavy atom. The van der Waals surface area contributed by atoms with Gasteiger partial charge >= 0.3 is 0 Å². The Hall–Kier alpha value is -7.95. The van der Waals surface area contributed by atoms with Crippen LogP contribution in [0.25, 0.3) is 111 Å². The van der Waals surface area contributed by atoms with E-state index in [2.05, 4.69) is 194 Å². The molecule has 4 heteroatoms. The lowest BCUT2D eigenvalue weighted by atomic mass is 9.86. The van der Waals surface area contributed by atoms with E-state index in [1.54, 1.807) is 0 Å². The molecule has 11 aromatic rings. The average Bonchev–Trinajstić information content (AvgIpc) is 3.71. The Morgan fingerprint density at radius 3 is 1.53 bits per heavy atom. The largest absolute Gasteiger partial charge is 0.455 e. The highest BCUT2D eigenvalue weighted by Gasteiger charge is 2.23. The van der Waals surface area contributed by atoms with Crippen LogP contribution in [0.1, 0.15) is 0 Å². The van der Waals surface area contributed by atoms with Crippen molar-refractivity contribution in [2.75, 3.05) is 0 Å². The summed E-state index contributed by atoms with van der Waals surface area (Å²) in [6, 6.07) is 74.0. The molecule has 0 amide bonds. The first-order valence-electron chi connectivity index (χ1n) is 19.9. The van der Waals surface area contributed by atoms with Gasteiger partial charge in [-0.2, -0.15) is 0 Å². The van der Waals surface area contributed by atoms with Crippen molar-refractivity contribution >= 4 is 32.7 Å². The van der Waals surface area contributed by atoms with Crippen LogP contribution in [-0.2, 0) is 0 Å². The molecule has 0 saturated carbocycles. The highest BCUT2D eigenvalue weighted by Crippen LogP contribution is 2.46. The van der Waals surface area contributed by atoms with Gasteiger partial charge in [0.15, 0.2) is 17.5 Å². The maximum atomic E-state index is 6.72. The van der Waals surface area contributed by atoms with E-state index in [-0.39, 0.29) is 0 Å². The second kappa shape index (κ2) is 14.5. The summed E-state index contributed by atoms with van der Waals surface area (Å²) in [4.78, 5) is 16.1. The van der Waals surface area contributed by atoms with E-state index in [0.717, 1.165) is 93.9 Å². The van der Waals surface area contributed by atoms with Gasteiger partial charge in [-0.3, -0.25) is 0 Å². The molecule has 2 aromatic heterocycles. The molecule has 276 valence electrons. The van der Waals surface area contributed by atoms with Gasteiger partial charge in [0.2, 0.25) is 0 Å². The van der Waals surface area contributed by atoms with Crippen LogP contribution in [0.2, 0.25) is 0 Å². The number of hydrogen-bond acceptors (Lipinski definition) is 4. The first-order valence-corrected chi connectivity index (χ1v) is 19.9. The third-order valence-electron chi connectivity index (χ3n) is 11.2. The van der Waals surface area contributed by atoms with Crippen molar-refractivity contribution in [2.24, 2.45) is 0 Å². The molecule has 0 unspecified atom stereocenters. The molecule has 0 fully saturated rings. The summed E-state index contributed by atoms with van der Waals surface area (Å²) in [6.07, 6.45) is 0. The smallest absolute Gasteiger partial charge is 0.164 e. The minimum atomic E-state index is 0.583. The highest BCUT2D eigenvalue weighted by molar-refractivity contribution is 6.12. The van der Waals surface area contributed by atoms with Crippen LogP contribution in [0.15, 0.2) is 217 Å². The maximum Gasteiger partial charge on any atom is 0.164 e. The van der Waals surface area contributed by atoms with E-state index < -0.39 is 0 Å². The zero-order chi connectivity index (χ0) is 39.1. The van der Waals surface area contributed by atoms with E-state index in [9.17, 15) is 0 Å². The third-order valence-corrected chi connectivity index (χ3v) is 11.2. The zero-order valence-electron chi connectivity index (χ0n) is 32.0. The predicted octanol–water partition coefficient (Wildman–Crippen LogP) is 14.6. The number of nitrogens with zero attached hydrogens (tertiary/aromatic N) is 3. The van der Waals surface area contributed by atoms with E-state index >= 15 is 0 Å². The first kappa shape index (κ1) is 34.3. The van der Waals surface area contributed by atoms with E-state index in [0.29, 0.717) is 17.5 Å². The minimum absolute atomic E-state index is 0.583. The summed E-state index contributed by atoms with van der Waals surface area (Å²) in [5.74, 6) is 1.79. The molecular formula is C55H35N3O. The zero-order valence-corrected chi connectivity index (χ0v) is 32.0. The van der Waals surface area contributed by atoms with Gasteiger partial charge in [-0.05, 0) is 62.4 Å². The monoisotopic (exact) mass is 753 g/mol. The number of aromatic nitrogens is 3. The van der Waals surface area contributed by atoms with Crippen LogP contribution in [0.4, 0.5) is 0 Å². The van der Waals surface area contributed by atoms with E-state index in [1.165, 1.54) is 0 Å². The standard InChI is InChI=1S/C55H35N3O/c1-4-16-36(17-5-1)38-30-32-41(33-31-38)53-56-54(47-28-14-23-39-20-10-11-24-43(39)47)58-55(57-53)49-35-42(37-18-6-2-7-19-37)34-48(51(49)40-21-8-3-9-22-40)46-27-15-26-45-44-25-12-13-29-50(44)59-52(45)46/h1-35H. The van der Waals surface area contributed by atoms with Crippen LogP contribution in [0.3, 0.4) is 0 Å². The van der Waals surface area contributed by atoms with E-state index in [4.69, 9.17) is 19.4 Å². The molecule has 0 aliphatic carbocycles. The van der Waals surface area contributed by atoms with Crippen molar-refractivity contribution in [3.8, 4) is 78.7 Å².